The van der Waals surface area contributed by atoms with Gasteiger partial charge in [0.1, 0.15) is 16.9 Å². The molecule has 0 bridgehead atoms. The largest absolute Gasteiger partial charge is 0.375 e. The third kappa shape index (κ3) is 5.90. The molecule has 0 aromatic carbocycles. The molecule has 1 unspecified atom stereocenters. The number of anilines is 1. The molecule has 0 aliphatic carbocycles. The van der Waals surface area contributed by atoms with Crippen LogP contribution in [0.5, 0.6) is 0 Å². The van der Waals surface area contributed by atoms with E-state index >= 15 is 0 Å². The Balaban J connectivity index is 1.66. The number of aliphatic imine (C=N–C) groups is 1. The van der Waals surface area contributed by atoms with Crippen LogP contribution in [0.3, 0.4) is 0 Å². The Labute approximate surface area is 177 Å². The van der Waals surface area contributed by atoms with E-state index in [1.165, 1.54) is 18.4 Å². The Morgan fingerprint density at radius 3 is 2.93 bits per heavy atom. The lowest BCUT2D eigenvalue weighted by atomic mass is 10.2. The molecule has 1 aliphatic heterocycles. The van der Waals surface area contributed by atoms with Crippen molar-refractivity contribution < 1.29 is 4.74 Å². The second kappa shape index (κ2) is 10.5. The Morgan fingerprint density at radius 1 is 1.41 bits per heavy atom. The number of pyridine rings is 1. The van der Waals surface area contributed by atoms with E-state index in [4.69, 9.17) is 14.7 Å². The second-order valence-electron chi connectivity index (χ2n) is 7.30. The molecule has 0 saturated carbocycles. The molecular weight excluding hydrogens is 384 g/mol. The van der Waals surface area contributed by atoms with Crippen molar-refractivity contribution in [2.75, 3.05) is 38.7 Å². The molecule has 1 saturated heterocycles. The highest BCUT2D eigenvalue weighted by atomic mass is 32.1. The molecule has 1 aliphatic rings. The van der Waals surface area contributed by atoms with Gasteiger partial charge in [0.2, 0.25) is 0 Å². The van der Waals surface area contributed by atoms with Crippen LogP contribution in [-0.2, 0) is 17.8 Å². The van der Waals surface area contributed by atoms with Crippen LogP contribution in [0.2, 0.25) is 0 Å². The van der Waals surface area contributed by atoms with Gasteiger partial charge >= 0.3 is 0 Å². The highest BCUT2D eigenvalue weighted by Gasteiger charge is 2.15. The lowest BCUT2D eigenvalue weighted by Crippen LogP contribution is -2.38. The second-order valence-corrected chi connectivity index (χ2v) is 8.19. The molecule has 7 nitrogen and oxygen atoms in total. The van der Waals surface area contributed by atoms with Crippen LogP contribution in [0.25, 0.3) is 0 Å². The Bertz CT molecular complexity index is 802. The number of hydrogen-bond donors (Lipinski definition) is 1. The van der Waals surface area contributed by atoms with Gasteiger partial charge in [-0.05, 0) is 44.4 Å². The smallest absolute Gasteiger partial charge is 0.194 e. The van der Waals surface area contributed by atoms with Crippen LogP contribution in [0.1, 0.15) is 49.1 Å². The topological polar surface area (TPSA) is 65.9 Å². The van der Waals surface area contributed by atoms with Crippen LogP contribution >= 0.6 is 11.3 Å². The lowest BCUT2D eigenvalue weighted by Gasteiger charge is -2.21. The van der Waals surface area contributed by atoms with Crippen molar-refractivity contribution in [1.29, 1.82) is 0 Å². The van der Waals surface area contributed by atoms with Crippen LogP contribution in [0.4, 0.5) is 5.82 Å². The van der Waals surface area contributed by atoms with Gasteiger partial charge in [-0.3, -0.25) is 0 Å². The first-order chi connectivity index (χ1) is 14.1. The van der Waals surface area contributed by atoms with E-state index < -0.39 is 0 Å². The summed E-state index contributed by atoms with van der Waals surface area (Å²) in [6.07, 6.45) is 4.42. The summed E-state index contributed by atoms with van der Waals surface area (Å²) in [5.41, 5.74) is 2.21. The third-order valence-corrected chi connectivity index (χ3v) is 6.07. The maximum atomic E-state index is 5.36. The zero-order valence-corrected chi connectivity index (χ0v) is 18.7. The molecule has 3 rings (SSSR count). The van der Waals surface area contributed by atoms with E-state index in [1.807, 2.05) is 26.2 Å². The normalized spacial score (nSPS) is 15.6. The fraction of sp³-hybridized carbons (Fsp3) is 0.571. The first-order valence-corrected chi connectivity index (χ1v) is 11.1. The van der Waals surface area contributed by atoms with Gasteiger partial charge in [-0.15, -0.1) is 11.3 Å². The minimum absolute atomic E-state index is 0.0254. The van der Waals surface area contributed by atoms with Crippen molar-refractivity contribution in [3.8, 4) is 0 Å². The Hall–Kier alpha value is -2.19. The predicted octanol–water partition coefficient (Wildman–Crippen LogP) is 3.44. The quantitative estimate of drug-likeness (QED) is 0.525. The average molecular weight is 417 g/mol. The van der Waals surface area contributed by atoms with E-state index in [9.17, 15) is 0 Å². The molecule has 8 heteroatoms. The summed E-state index contributed by atoms with van der Waals surface area (Å²) < 4.78 is 5.36. The van der Waals surface area contributed by atoms with Crippen molar-refractivity contribution in [1.82, 2.24) is 20.2 Å². The van der Waals surface area contributed by atoms with Gasteiger partial charge < -0.3 is 19.9 Å². The van der Waals surface area contributed by atoms with Crippen molar-refractivity contribution in [2.24, 2.45) is 4.99 Å². The molecule has 0 radical (unpaired) electrons. The highest BCUT2D eigenvalue weighted by Crippen LogP contribution is 2.21. The monoisotopic (exact) mass is 416 g/mol. The highest BCUT2D eigenvalue weighted by molar-refractivity contribution is 7.09. The molecule has 158 valence electrons. The zero-order chi connectivity index (χ0) is 20.6. The van der Waals surface area contributed by atoms with Gasteiger partial charge in [0.05, 0.1) is 18.8 Å². The predicted molar refractivity (Wildman–Crippen MR) is 120 cm³/mol. The number of rotatable bonds is 8. The lowest BCUT2D eigenvalue weighted by molar-refractivity contribution is 0.119. The summed E-state index contributed by atoms with van der Waals surface area (Å²) in [6, 6.07) is 4.21. The van der Waals surface area contributed by atoms with E-state index in [0.717, 1.165) is 42.1 Å². The number of aromatic nitrogens is 2. The van der Waals surface area contributed by atoms with Crippen LogP contribution in [0.15, 0.2) is 28.7 Å². The number of hydrogen-bond acceptors (Lipinski definition) is 6. The minimum atomic E-state index is 0.0254. The Morgan fingerprint density at radius 2 is 2.21 bits per heavy atom. The van der Waals surface area contributed by atoms with Crippen LogP contribution in [0, 0.1) is 0 Å². The molecule has 0 spiro atoms. The van der Waals surface area contributed by atoms with Crippen molar-refractivity contribution in [3.63, 3.8) is 0 Å². The number of nitrogens with zero attached hydrogens (tertiary/aromatic N) is 5. The van der Waals surface area contributed by atoms with Crippen molar-refractivity contribution in [2.45, 2.75) is 45.9 Å². The van der Waals surface area contributed by atoms with E-state index in [-0.39, 0.29) is 6.10 Å². The summed E-state index contributed by atoms with van der Waals surface area (Å²) in [5.74, 6) is 1.94. The SMILES string of the molecule is CCNC(=NCc1ccnc(N2CCCC2)c1)N(C)Cc1csc(C(C)OC)n1. The summed E-state index contributed by atoms with van der Waals surface area (Å²) in [6.45, 7) is 8.45. The molecule has 1 fully saturated rings. The number of thiazole rings is 1. The molecule has 29 heavy (non-hydrogen) atoms. The average Bonchev–Trinajstić information content (AvgIpc) is 3.43. The van der Waals surface area contributed by atoms with Crippen molar-refractivity contribution in [3.05, 3.63) is 40.0 Å². The molecule has 1 N–H and O–H groups in total. The molecular formula is C21H32N6OS. The van der Waals surface area contributed by atoms with Gasteiger partial charge in [0.25, 0.3) is 0 Å². The number of ether oxygens (including phenoxy) is 1. The van der Waals surface area contributed by atoms with E-state index in [1.54, 1.807) is 18.4 Å². The molecule has 0 amide bonds. The maximum Gasteiger partial charge on any atom is 0.194 e. The van der Waals surface area contributed by atoms with Crippen LogP contribution in [-0.4, -0.2) is 54.6 Å². The van der Waals surface area contributed by atoms with Gasteiger partial charge in [0.15, 0.2) is 5.96 Å². The summed E-state index contributed by atoms with van der Waals surface area (Å²) >= 11 is 1.64. The summed E-state index contributed by atoms with van der Waals surface area (Å²) in [5, 5.41) is 6.48. The molecule has 2 aromatic heterocycles. The third-order valence-electron chi connectivity index (χ3n) is 5.02. The van der Waals surface area contributed by atoms with Crippen LogP contribution < -0.4 is 10.2 Å². The zero-order valence-electron chi connectivity index (χ0n) is 17.9. The van der Waals surface area contributed by atoms with Gasteiger partial charge in [-0.2, -0.15) is 0 Å². The fourth-order valence-electron chi connectivity index (χ4n) is 3.31. The molecule has 3 heterocycles. The summed E-state index contributed by atoms with van der Waals surface area (Å²) in [4.78, 5) is 18.5. The minimum Gasteiger partial charge on any atom is -0.375 e. The molecule has 1 atom stereocenters. The first-order valence-electron chi connectivity index (χ1n) is 10.3. The Kier molecular flexibility index (Phi) is 7.83. The van der Waals surface area contributed by atoms with Crippen molar-refractivity contribution >= 4 is 23.1 Å². The number of nitrogens with one attached hydrogen (secondary N) is 1. The summed E-state index contributed by atoms with van der Waals surface area (Å²) in [7, 11) is 3.75. The first kappa shape index (κ1) is 21.5. The maximum absolute atomic E-state index is 5.36. The molecule has 2 aromatic rings. The van der Waals surface area contributed by atoms with E-state index in [0.29, 0.717) is 13.1 Å². The number of guanidine groups is 1. The fourth-order valence-corrected chi connectivity index (χ4v) is 4.16. The van der Waals surface area contributed by atoms with E-state index in [2.05, 4.69) is 38.5 Å². The van der Waals surface area contributed by atoms with Gasteiger partial charge in [0, 0.05) is 45.4 Å². The van der Waals surface area contributed by atoms with Gasteiger partial charge in [-0.1, -0.05) is 0 Å². The van der Waals surface area contributed by atoms with Gasteiger partial charge in [-0.25, -0.2) is 15.0 Å². The number of methoxy groups -OCH3 is 1. The standard InChI is InChI=1S/C21H32N6OS/c1-5-22-21(26(3)14-18-15-29-20(25-18)16(2)28-4)24-13-17-8-9-23-19(12-17)27-10-6-7-11-27/h8-9,12,15-16H,5-7,10-11,13-14H2,1-4H3,(H,22,24).